The first-order chi connectivity index (χ1) is 20.2. The lowest BCUT2D eigenvalue weighted by molar-refractivity contribution is -0.159. The van der Waals surface area contributed by atoms with Crippen molar-refractivity contribution >= 4 is 23.5 Å². The highest BCUT2D eigenvalue weighted by molar-refractivity contribution is 6.30. The summed E-state index contributed by atoms with van der Waals surface area (Å²) in [4.78, 5) is 23.2. The molecule has 0 radical (unpaired) electrons. The van der Waals surface area contributed by atoms with Crippen LogP contribution in [0.5, 0.6) is 0 Å². The van der Waals surface area contributed by atoms with Crippen LogP contribution in [0, 0.1) is 17.8 Å². The number of ether oxygens (including phenoxy) is 1. The predicted octanol–water partition coefficient (Wildman–Crippen LogP) is 4.12. The lowest BCUT2D eigenvalue weighted by atomic mass is 9.85. The van der Waals surface area contributed by atoms with E-state index >= 15 is 0 Å². The number of allylic oxidation sites excluding steroid dienone is 11. The first kappa shape index (κ1) is 38.2. The Bertz CT molecular complexity index is 1090. The Balaban J connectivity index is 2.57. The average molecular weight is 623 g/mol. The number of carboxylic acids is 1. The molecule has 1 aliphatic carbocycles. The van der Waals surface area contributed by atoms with E-state index in [9.17, 15) is 35.1 Å². The molecular weight excluding hydrogens is 576 g/mol. The van der Waals surface area contributed by atoms with Gasteiger partial charge in [0, 0.05) is 29.9 Å². The summed E-state index contributed by atoms with van der Waals surface area (Å²) in [6, 6.07) is 0. The molecule has 0 bridgehead atoms. The van der Waals surface area contributed by atoms with Crippen LogP contribution in [-0.4, -0.2) is 79.2 Å². The number of aliphatic carboxylic acids is 1. The van der Waals surface area contributed by atoms with Gasteiger partial charge in [0.2, 0.25) is 0 Å². The van der Waals surface area contributed by atoms with E-state index in [0.29, 0.717) is 12.3 Å². The largest absolute Gasteiger partial charge is 0.481 e. The Labute approximate surface area is 259 Å². The fourth-order valence-electron chi connectivity index (χ4n) is 4.19. The van der Waals surface area contributed by atoms with Crippen molar-refractivity contribution in [2.45, 2.75) is 90.0 Å². The number of rotatable bonds is 16. The summed E-state index contributed by atoms with van der Waals surface area (Å²) in [5, 5.41) is 60.6. The molecule has 240 valence electrons. The van der Waals surface area contributed by atoms with Gasteiger partial charge in [-0.05, 0) is 31.8 Å². The maximum absolute atomic E-state index is 12.0. The first-order valence-electron chi connectivity index (χ1n) is 14.5. The van der Waals surface area contributed by atoms with Crippen molar-refractivity contribution in [2.24, 2.45) is 17.8 Å². The number of halogens is 1. The zero-order chi connectivity index (χ0) is 32.5. The SMILES string of the molecule is CC(/C=C/C=C/C(=O)OC1CC(C(=O)O)CCC1O)=C\C=C\C=C(/Cl)C(C)C(O)C(O)C(O)CC(O)/C=C/C=C/C(C)C. The van der Waals surface area contributed by atoms with Crippen molar-refractivity contribution in [1.29, 1.82) is 0 Å². The van der Waals surface area contributed by atoms with Gasteiger partial charge in [-0.3, -0.25) is 4.79 Å². The lowest BCUT2D eigenvalue weighted by Gasteiger charge is -2.30. The molecule has 1 fully saturated rings. The summed E-state index contributed by atoms with van der Waals surface area (Å²) in [7, 11) is 0. The van der Waals surface area contributed by atoms with E-state index < -0.39 is 60.4 Å². The minimum atomic E-state index is -1.51. The summed E-state index contributed by atoms with van der Waals surface area (Å²) in [6.07, 6.45) is 13.2. The molecule has 0 aromatic rings. The van der Waals surface area contributed by atoms with E-state index in [1.165, 1.54) is 18.2 Å². The molecule has 0 amide bonds. The number of hydrogen-bond acceptors (Lipinski definition) is 8. The molecule has 0 heterocycles. The molecule has 10 heteroatoms. The maximum atomic E-state index is 12.0. The Morgan fingerprint density at radius 2 is 1.51 bits per heavy atom. The van der Waals surface area contributed by atoms with Crippen LogP contribution in [0.4, 0.5) is 0 Å². The van der Waals surface area contributed by atoms with Gasteiger partial charge in [-0.15, -0.1) is 0 Å². The highest BCUT2D eigenvalue weighted by Gasteiger charge is 2.35. The molecule has 1 saturated carbocycles. The molecule has 8 unspecified atom stereocenters. The number of carboxylic acid groups (broad SMARTS) is 1. The fourth-order valence-corrected chi connectivity index (χ4v) is 4.39. The molecule has 0 spiro atoms. The van der Waals surface area contributed by atoms with Gasteiger partial charge >= 0.3 is 11.9 Å². The number of hydrogen-bond donors (Lipinski definition) is 6. The monoisotopic (exact) mass is 622 g/mol. The van der Waals surface area contributed by atoms with Crippen LogP contribution in [0.15, 0.2) is 83.5 Å². The van der Waals surface area contributed by atoms with Crippen molar-refractivity contribution in [3.8, 4) is 0 Å². The van der Waals surface area contributed by atoms with Crippen molar-refractivity contribution in [2.75, 3.05) is 0 Å². The third-order valence-electron chi connectivity index (χ3n) is 6.92. The zero-order valence-electron chi connectivity index (χ0n) is 25.2. The van der Waals surface area contributed by atoms with E-state index in [1.54, 1.807) is 55.5 Å². The molecule has 0 aromatic heterocycles. The second kappa shape index (κ2) is 20.2. The Morgan fingerprint density at radius 1 is 0.884 bits per heavy atom. The molecule has 6 N–H and O–H groups in total. The lowest BCUT2D eigenvalue weighted by Crippen LogP contribution is -2.42. The second-order valence-corrected chi connectivity index (χ2v) is 11.5. The topological polar surface area (TPSA) is 165 Å². The van der Waals surface area contributed by atoms with Crippen LogP contribution in [0.25, 0.3) is 0 Å². The zero-order valence-corrected chi connectivity index (χ0v) is 26.0. The molecule has 1 aliphatic rings. The minimum Gasteiger partial charge on any atom is -0.481 e. The smallest absolute Gasteiger partial charge is 0.331 e. The molecular formula is C33H47ClO9. The van der Waals surface area contributed by atoms with E-state index in [4.69, 9.17) is 21.4 Å². The fraction of sp³-hybridized carbons (Fsp3) is 0.515. The molecule has 0 aromatic carbocycles. The summed E-state index contributed by atoms with van der Waals surface area (Å²) < 4.78 is 5.22. The van der Waals surface area contributed by atoms with E-state index in [1.807, 2.05) is 26.8 Å². The summed E-state index contributed by atoms with van der Waals surface area (Å²) in [6.45, 7) is 7.48. The quantitative estimate of drug-likeness (QED) is 0.0844. The van der Waals surface area contributed by atoms with Gasteiger partial charge in [0.15, 0.2) is 0 Å². The minimum absolute atomic E-state index is 0.0811. The van der Waals surface area contributed by atoms with E-state index in [0.717, 1.165) is 5.57 Å². The van der Waals surface area contributed by atoms with Crippen LogP contribution in [0.1, 0.15) is 53.4 Å². The van der Waals surface area contributed by atoms with Crippen molar-refractivity contribution in [3.63, 3.8) is 0 Å². The maximum Gasteiger partial charge on any atom is 0.331 e. The van der Waals surface area contributed by atoms with Crippen LogP contribution >= 0.6 is 11.6 Å². The van der Waals surface area contributed by atoms with E-state index in [-0.39, 0.29) is 24.3 Å². The number of aliphatic hydroxyl groups is 5. The van der Waals surface area contributed by atoms with Gasteiger partial charge in [-0.1, -0.05) is 98.7 Å². The summed E-state index contributed by atoms with van der Waals surface area (Å²) >= 11 is 6.30. The molecule has 8 atom stereocenters. The predicted molar refractivity (Wildman–Crippen MR) is 167 cm³/mol. The molecule has 0 saturated heterocycles. The van der Waals surface area contributed by atoms with Crippen LogP contribution in [-0.2, 0) is 14.3 Å². The van der Waals surface area contributed by atoms with E-state index in [2.05, 4.69) is 0 Å². The van der Waals surface area contributed by atoms with Gasteiger partial charge < -0.3 is 35.4 Å². The van der Waals surface area contributed by atoms with Gasteiger partial charge in [0.05, 0.1) is 30.3 Å². The van der Waals surface area contributed by atoms with Crippen LogP contribution in [0.2, 0.25) is 0 Å². The standard InChI is InChI=1S/C33H47ClO9/c1-21(2)11-5-8-14-25(35)20-28(37)32(40)31(39)23(4)26(34)15-9-6-12-22(3)13-7-10-16-30(38)43-29-19-24(33(41)42)17-18-27(29)36/h5-16,21,23-25,27-29,31-32,35-37,39-40H,17-20H2,1-4H3,(H,41,42)/b9-6+,11-5+,13-7+,14-8+,16-10+,22-12+,26-15-. The Hall–Kier alpha value is -2.79. The second-order valence-electron chi connectivity index (χ2n) is 11.1. The van der Waals surface area contributed by atoms with Gasteiger partial charge in [-0.25, -0.2) is 4.79 Å². The molecule has 9 nitrogen and oxygen atoms in total. The number of esters is 1. The molecule has 1 rings (SSSR count). The van der Waals surface area contributed by atoms with Crippen LogP contribution in [0.3, 0.4) is 0 Å². The normalized spacial score (nSPS) is 24.4. The third-order valence-corrected chi connectivity index (χ3v) is 7.39. The van der Waals surface area contributed by atoms with Gasteiger partial charge in [-0.2, -0.15) is 0 Å². The third kappa shape index (κ3) is 15.5. The Kier molecular flexibility index (Phi) is 18.0. The van der Waals surface area contributed by atoms with Crippen molar-refractivity contribution in [3.05, 3.63) is 83.5 Å². The highest BCUT2D eigenvalue weighted by atomic mass is 35.5. The summed E-state index contributed by atoms with van der Waals surface area (Å²) in [5.74, 6) is -2.59. The van der Waals surface area contributed by atoms with Gasteiger partial charge in [0.25, 0.3) is 0 Å². The average Bonchev–Trinajstić information content (AvgIpc) is 2.95. The molecule has 43 heavy (non-hydrogen) atoms. The number of aliphatic hydroxyl groups excluding tert-OH is 5. The van der Waals surface area contributed by atoms with Crippen molar-refractivity contribution in [1.82, 2.24) is 0 Å². The number of carbonyl (C=O) groups is 2. The highest BCUT2D eigenvalue weighted by Crippen LogP contribution is 2.27. The first-order valence-corrected chi connectivity index (χ1v) is 14.8. The van der Waals surface area contributed by atoms with Crippen molar-refractivity contribution < 1.29 is 45.0 Å². The Morgan fingerprint density at radius 3 is 2.16 bits per heavy atom. The number of carbonyl (C=O) groups excluding carboxylic acids is 1. The molecule has 0 aliphatic heterocycles. The van der Waals surface area contributed by atoms with Gasteiger partial charge in [0.1, 0.15) is 12.2 Å². The van der Waals surface area contributed by atoms with Crippen LogP contribution < -0.4 is 0 Å². The summed E-state index contributed by atoms with van der Waals surface area (Å²) in [5.41, 5.74) is 0.838.